The summed E-state index contributed by atoms with van der Waals surface area (Å²) in [5.74, 6) is 0.953. The molecule has 0 heterocycles. The molecule has 2 rings (SSSR count). The normalized spacial score (nSPS) is 34.5. The number of rotatable bonds is 4. The van der Waals surface area contributed by atoms with Crippen LogP contribution in [0, 0.1) is 11.3 Å². The van der Waals surface area contributed by atoms with Crippen LogP contribution in [0.2, 0.25) is 0 Å². The molecular formula is C16H29N. The van der Waals surface area contributed by atoms with Crippen LogP contribution in [-0.4, -0.2) is 13.1 Å². The van der Waals surface area contributed by atoms with Crippen LogP contribution in [0.1, 0.15) is 65.2 Å². The van der Waals surface area contributed by atoms with Gasteiger partial charge < -0.3 is 5.32 Å². The zero-order valence-electron chi connectivity index (χ0n) is 11.7. The monoisotopic (exact) mass is 235 g/mol. The maximum Gasteiger partial charge on any atom is 0.00451 e. The van der Waals surface area contributed by atoms with Crippen LogP contribution in [0.15, 0.2) is 11.6 Å². The van der Waals surface area contributed by atoms with Gasteiger partial charge in [-0.2, -0.15) is 0 Å². The Balaban J connectivity index is 2.08. The Bertz CT molecular complexity index is 253. The fourth-order valence-corrected chi connectivity index (χ4v) is 3.61. The third kappa shape index (κ3) is 3.13. The number of allylic oxidation sites excluding steroid dienone is 1. The Labute approximate surface area is 107 Å². The molecular weight excluding hydrogens is 206 g/mol. The molecule has 1 saturated carbocycles. The maximum absolute atomic E-state index is 3.63. The fraction of sp³-hybridized carbons (Fsp3) is 0.875. The summed E-state index contributed by atoms with van der Waals surface area (Å²) < 4.78 is 0. The van der Waals surface area contributed by atoms with E-state index < -0.39 is 0 Å². The standard InChI is InChI=1S/C16H29N/c1-3-17-13-16(11-9-14(2)10-12-16)15-7-5-4-6-8-15/h7,14,17H,3-6,8-13H2,1-2H3. The zero-order valence-corrected chi connectivity index (χ0v) is 11.7. The minimum absolute atomic E-state index is 0.531. The van der Waals surface area contributed by atoms with Crippen LogP contribution in [0.5, 0.6) is 0 Å². The predicted molar refractivity (Wildman–Crippen MR) is 75.2 cm³/mol. The molecule has 98 valence electrons. The first kappa shape index (κ1) is 13.1. The fourth-order valence-electron chi connectivity index (χ4n) is 3.61. The summed E-state index contributed by atoms with van der Waals surface area (Å²) in [5, 5.41) is 3.63. The highest BCUT2D eigenvalue weighted by Crippen LogP contribution is 2.46. The van der Waals surface area contributed by atoms with Crippen molar-refractivity contribution >= 4 is 0 Å². The first-order valence-corrected chi connectivity index (χ1v) is 7.67. The molecule has 2 aliphatic carbocycles. The topological polar surface area (TPSA) is 12.0 Å². The molecule has 0 radical (unpaired) electrons. The minimum atomic E-state index is 0.531. The quantitative estimate of drug-likeness (QED) is 0.717. The summed E-state index contributed by atoms with van der Waals surface area (Å²) in [6.07, 6.45) is 13.8. The average Bonchev–Trinajstić information content (AvgIpc) is 2.40. The van der Waals surface area contributed by atoms with Crippen molar-refractivity contribution in [3.05, 3.63) is 11.6 Å². The molecule has 0 spiro atoms. The highest BCUT2D eigenvalue weighted by atomic mass is 14.9. The van der Waals surface area contributed by atoms with E-state index in [0.29, 0.717) is 5.41 Å². The van der Waals surface area contributed by atoms with Crippen molar-refractivity contribution in [1.82, 2.24) is 5.32 Å². The lowest BCUT2D eigenvalue weighted by Gasteiger charge is -2.43. The average molecular weight is 235 g/mol. The molecule has 0 saturated heterocycles. The van der Waals surface area contributed by atoms with Crippen LogP contribution >= 0.6 is 0 Å². The van der Waals surface area contributed by atoms with E-state index in [2.05, 4.69) is 25.2 Å². The number of nitrogens with one attached hydrogen (secondary N) is 1. The van der Waals surface area contributed by atoms with Gasteiger partial charge >= 0.3 is 0 Å². The molecule has 0 amide bonds. The third-order valence-electron chi connectivity index (χ3n) is 4.92. The van der Waals surface area contributed by atoms with Gasteiger partial charge in [0.2, 0.25) is 0 Å². The molecule has 1 fully saturated rings. The van der Waals surface area contributed by atoms with E-state index in [1.54, 1.807) is 5.57 Å². The van der Waals surface area contributed by atoms with E-state index in [9.17, 15) is 0 Å². The molecule has 0 aliphatic heterocycles. The SMILES string of the molecule is CCNCC1(C2=CCCCC2)CCC(C)CC1. The van der Waals surface area contributed by atoms with E-state index in [4.69, 9.17) is 0 Å². The first-order chi connectivity index (χ1) is 8.27. The van der Waals surface area contributed by atoms with E-state index >= 15 is 0 Å². The summed E-state index contributed by atoms with van der Waals surface area (Å²) in [6.45, 7) is 6.99. The van der Waals surface area contributed by atoms with Crippen molar-refractivity contribution < 1.29 is 0 Å². The van der Waals surface area contributed by atoms with Gasteiger partial charge in [0.15, 0.2) is 0 Å². The number of hydrogen-bond donors (Lipinski definition) is 1. The third-order valence-corrected chi connectivity index (χ3v) is 4.92. The minimum Gasteiger partial charge on any atom is -0.316 e. The summed E-state index contributed by atoms with van der Waals surface area (Å²) in [4.78, 5) is 0. The molecule has 0 aromatic carbocycles. The summed E-state index contributed by atoms with van der Waals surface area (Å²) in [7, 11) is 0. The Morgan fingerprint density at radius 2 is 2.06 bits per heavy atom. The van der Waals surface area contributed by atoms with Gasteiger partial charge in [-0.3, -0.25) is 0 Å². The summed E-state index contributed by atoms with van der Waals surface area (Å²) in [5.41, 5.74) is 2.33. The van der Waals surface area contributed by atoms with Crippen LogP contribution in [0.3, 0.4) is 0 Å². The van der Waals surface area contributed by atoms with Crippen molar-refractivity contribution in [3.63, 3.8) is 0 Å². The molecule has 1 nitrogen and oxygen atoms in total. The van der Waals surface area contributed by atoms with Gasteiger partial charge in [0.05, 0.1) is 0 Å². The van der Waals surface area contributed by atoms with Crippen LogP contribution in [0.25, 0.3) is 0 Å². The van der Waals surface area contributed by atoms with Gasteiger partial charge in [-0.1, -0.05) is 25.5 Å². The lowest BCUT2D eigenvalue weighted by Crippen LogP contribution is -2.39. The van der Waals surface area contributed by atoms with Gasteiger partial charge in [-0.15, -0.1) is 0 Å². The second-order valence-electron chi connectivity index (χ2n) is 6.22. The van der Waals surface area contributed by atoms with Gasteiger partial charge in [0, 0.05) is 12.0 Å². The molecule has 0 aromatic rings. The lowest BCUT2D eigenvalue weighted by molar-refractivity contribution is 0.185. The second kappa shape index (κ2) is 6.04. The van der Waals surface area contributed by atoms with Crippen molar-refractivity contribution in [1.29, 1.82) is 0 Å². The molecule has 1 heteroatoms. The largest absolute Gasteiger partial charge is 0.316 e. The summed E-state index contributed by atoms with van der Waals surface area (Å²) >= 11 is 0. The highest BCUT2D eigenvalue weighted by molar-refractivity contribution is 5.18. The van der Waals surface area contributed by atoms with Crippen LogP contribution < -0.4 is 5.32 Å². The van der Waals surface area contributed by atoms with Gasteiger partial charge in [-0.05, 0) is 63.8 Å². The van der Waals surface area contributed by atoms with Crippen molar-refractivity contribution in [2.45, 2.75) is 65.2 Å². The summed E-state index contributed by atoms with van der Waals surface area (Å²) in [6, 6.07) is 0. The maximum atomic E-state index is 3.63. The molecule has 0 atom stereocenters. The molecule has 17 heavy (non-hydrogen) atoms. The Morgan fingerprint density at radius 1 is 1.29 bits per heavy atom. The van der Waals surface area contributed by atoms with E-state index in [-0.39, 0.29) is 0 Å². The smallest absolute Gasteiger partial charge is 0.00451 e. The van der Waals surface area contributed by atoms with Gasteiger partial charge in [0.25, 0.3) is 0 Å². The van der Waals surface area contributed by atoms with E-state index in [0.717, 1.165) is 12.5 Å². The van der Waals surface area contributed by atoms with Crippen LogP contribution in [-0.2, 0) is 0 Å². The molecule has 1 N–H and O–H groups in total. The van der Waals surface area contributed by atoms with E-state index in [1.165, 1.54) is 57.9 Å². The molecule has 0 unspecified atom stereocenters. The van der Waals surface area contributed by atoms with Crippen molar-refractivity contribution in [2.75, 3.05) is 13.1 Å². The van der Waals surface area contributed by atoms with Crippen molar-refractivity contribution in [2.24, 2.45) is 11.3 Å². The van der Waals surface area contributed by atoms with Crippen LogP contribution in [0.4, 0.5) is 0 Å². The predicted octanol–water partition coefficient (Wildman–Crippen LogP) is 4.29. The Morgan fingerprint density at radius 3 is 2.65 bits per heavy atom. The molecule has 2 aliphatic rings. The zero-order chi connectivity index (χ0) is 12.1. The Kier molecular flexibility index (Phi) is 4.67. The molecule has 0 bridgehead atoms. The first-order valence-electron chi connectivity index (χ1n) is 7.67. The van der Waals surface area contributed by atoms with E-state index in [1.807, 2.05) is 0 Å². The second-order valence-corrected chi connectivity index (χ2v) is 6.22. The Hall–Kier alpha value is -0.300. The molecule has 0 aromatic heterocycles. The number of hydrogen-bond acceptors (Lipinski definition) is 1. The van der Waals surface area contributed by atoms with Gasteiger partial charge in [0.1, 0.15) is 0 Å². The highest BCUT2D eigenvalue weighted by Gasteiger charge is 2.36. The lowest BCUT2D eigenvalue weighted by atomic mass is 9.64. The van der Waals surface area contributed by atoms with Gasteiger partial charge in [-0.25, -0.2) is 0 Å². The van der Waals surface area contributed by atoms with Crippen molar-refractivity contribution in [3.8, 4) is 0 Å².